The molecule has 2 aromatic heterocycles. The number of aromatic nitrogens is 2. The van der Waals surface area contributed by atoms with Gasteiger partial charge in [-0.1, -0.05) is 46.3 Å². The summed E-state index contributed by atoms with van der Waals surface area (Å²) in [7, 11) is 0. The van der Waals surface area contributed by atoms with E-state index in [1.807, 2.05) is 30.3 Å². The number of hydrogen-bond donors (Lipinski definition) is 1. The number of nitrogens with zero attached hydrogens (tertiary/aromatic N) is 2. The fraction of sp³-hybridized carbons (Fsp3) is 0.0769. The Bertz CT molecular complexity index is 1660. The van der Waals surface area contributed by atoms with Crippen molar-refractivity contribution in [1.29, 1.82) is 0 Å². The Morgan fingerprint density at radius 3 is 2.54 bits per heavy atom. The fourth-order valence-electron chi connectivity index (χ4n) is 3.76. The molecule has 9 heteroatoms. The van der Waals surface area contributed by atoms with Crippen LogP contribution >= 0.6 is 27.3 Å². The van der Waals surface area contributed by atoms with Gasteiger partial charge in [0.1, 0.15) is 5.00 Å². The van der Waals surface area contributed by atoms with Crippen LogP contribution < -0.4 is 10.9 Å². The Balaban J connectivity index is 1.62. The Labute approximate surface area is 212 Å². The van der Waals surface area contributed by atoms with Crippen molar-refractivity contribution in [2.24, 2.45) is 0 Å². The average molecular weight is 548 g/mol. The number of esters is 1. The number of amides is 1. The van der Waals surface area contributed by atoms with Crippen LogP contribution in [0.1, 0.15) is 27.8 Å². The zero-order chi connectivity index (χ0) is 24.5. The van der Waals surface area contributed by atoms with Crippen LogP contribution in [-0.2, 0) is 4.74 Å². The number of halogens is 1. The number of benzene rings is 3. The summed E-state index contributed by atoms with van der Waals surface area (Å²) < 4.78 is 7.16. The van der Waals surface area contributed by atoms with E-state index < -0.39 is 11.5 Å². The molecule has 5 rings (SSSR count). The van der Waals surface area contributed by atoms with Crippen molar-refractivity contribution < 1.29 is 14.3 Å². The Kier molecular flexibility index (Phi) is 6.19. The van der Waals surface area contributed by atoms with Gasteiger partial charge >= 0.3 is 5.97 Å². The van der Waals surface area contributed by atoms with Crippen LogP contribution in [0.5, 0.6) is 0 Å². The Morgan fingerprint density at radius 1 is 1.06 bits per heavy atom. The van der Waals surface area contributed by atoms with Gasteiger partial charge in [-0.3, -0.25) is 9.59 Å². The molecule has 1 N–H and O–H groups in total. The van der Waals surface area contributed by atoms with Crippen molar-refractivity contribution in [3.05, 3.63) is 98.2 Å². The minimum absolute atomic E-state index is 0.00632. The number of anilines is 1. The highest BCUT2D eigenvalue weighted by Crippen LogP contribution is 2.31. The van der Waals surface area contributed by atoms with E-state index in [2.05, 4.69) is 26.3 Å². The van der Waals surface area contributed by atoms with E-state index in [1.54, 1.807) is 48.7 Å². The predicted molar refractivity (Wildman–Crippen MR) is 141 cm³/mol. The topological polar surface area (TPSA) is 90.3 Å². The molecule has 0 radical (unpaired) electrons. The van der Waals surface area contributed by atoms with Crippen molar-refractivity contribution in [2.75, 3.05) is 11.9 Å². The fourth-order valence-corrected chi connectivity index (χ4v) is 4.95. The lowest BCUT2D eigenvalue weighted by atomic mass is 10.1. The molecule has 35 heavy (non-hydrogen) atoms. The van der Waals surface area contributed by atoms with Crippen molar-refractivity contribution in [3.8, 4) is 5.69 Å². The van der Waals surface area contributed by atoms with Crippen LogP contribution in [0.4, 0.5) is 5.00 Å². The maximum Gasteiger partial charge on any atom is 0.359 e. The zero-order valence-electron chi connectivity index (χ0n) is 18.4. The summed E-state index contributed by atoms with van der Waals surface area (Å²) in [5.74, 6) is -1.00. The largest absolute Gasteiger partial charge is 0.461 e. The molecule has 0 fully saturated rings. The lowest BCUT2D eigenvalue weighted by Gasteiger charge is -2.10. The molecule has 0 atom stereocenters. The number of rotatable bonds is 5. The van der Waals surface area contributed by atoms with E-state index in [0.717, 1.165) is 31.3 Å². The first-order chi connectivity index (χ1) is 17.0. The quantitative estimate of drug-likeness (QED) is 0.281. The normalized spacial score (nSPS) is 11.0. The van der Waals surface area contributed by atoms with Gasteiger partial charge in [-0.05, 0) is 54.1 Å². The highest BCUT2D eigenvalue weighted by molar-refractivity contribution is 9.10. The molecule has 0 aliphatic carbocycles. The number of carbonyl (C=O) groups excluding carboxylic acids is 2. The Hall–Kier alpha value is -3.82. The molecule has 0 saturated heterocycles. The van der Waals surface area contributed by atoms with E-state index in [-0.39, 0.29) is 23.6 Å². The van der Waals surface area contributed by atoms with Crippen LogP contribution in [0.25, 0.3) is 27.2 Å². The standard InChI is InChI=1S/C26H18BrN3O4S/c1-2-34-26(33)22-20-14-35-24(21(20)25(32)30(29-22)19-11-9-18(27)10-12-19)28-23(31)17-8-7-15-5-3-4-6-16(15)13-17/h3-14H,2H2,1H3,(H,28,31). The highest BCUT2D eigenvalue weighted by atomic mass is 79.9. The van der Waals surface area contributed by atoms with E-state index in [4.69, 9.17) is 4.74 Å². The van der Waals surface area contributed by atoms with E-state index in [9.17, 15) is 14.4 Å². The molecule has 0 aliphatic heterocycles. The van der Waals surface area contributed by atoms with Crippen molar-refractivity contribution in [2.45, 2.75) is 6.92 Å². The molecular weight excluding hydrogens is 530 g/mol. The highest BCUT2D eigenvalue weighted by Gasteiger charge is 2.23. The molecule has 3 aromatic carbocycles. The number of hydrogen-bond acceptors (Lipinski definition) is 6. The summed E-state index contributed by atoms with van der Waals surface area (Å²) in [6.07, 6.45) is 0. The van der Waals surface area contributed by atoms with Crippen LogP contribution in [0.2, 0.25) is 0 Å². The number of carbonyl (C=O) groups is 2. The summed E-state index contributed by atoms with van der Waals surface area (Å²) in [6.45, 7) is 1.86. The molecule has 174 valence electrons. The molecular formula is C26H18BrN3O4S. The molecule has 0 aliphatic rings. The second-order valence-electron chi connectivity index (χ2n) is 7.63. The summed E-state index contributed by atoms with van der Waals surface area (Å²) in [5.41, 5.74) is 0.485. The minimum Gasteiger partial charge on any atom is -0.461 e. The first kappa shape index (κ1) is 22.9. The summed E-state index contributed by atoms with van der Waals surface area (Å²) in [5, 5.41) is 11.6. The minimum atomic E-state index is -0.645. The van der Waals surface area contributed by atoms with E-state index in [1.165, 1.54) is 0 Å². The van der Waals surface area contributed by atoms with Gasteiger partial charge in [0.05, 0.1) is 17.7 Å². The van der Waals surface area contributed by atoms with Crippen LogP contribution in [-0.4, -0.2) is 28.3 Å². The van der Waals surface area contributed by atoms with Gasteiger partial charge in [0.15, 0.2) is 5.69 Å². The third kappa shape index (κ3) is 4.36. The monoisotopic (exact) mass is 547 g/mol. The van der Waals surface area contributed by atoms with Crippen molar-refractivity contribution >= 4 is 65.7 Å². The van der Waals surface area contributed by atoms with Gasteiger partial charge in [-0.25, -0.2) is 4.79 Å². The van der Waals surface area contributed by atoms with Crippen molar-refractivity contribution in [3.63, 3.8) is 0 Å². The predicted octanol–water partition coefficient (Wildman–Crippen LogP) is 5.79. The van der Waals surface area contributed by atoms with Gasteiger partial charge in [-0.15, -0.1) is 11.3 Å². The van der Waals surface area contributed by atoms with Crippen LogP contribution in [0.3, 0.4) is 0 Å². The second-order valence-corrected chi connectivity index (χ2v) is 9.43. The summed E-state index contributed by atoms with van der Waals surface area (Å²) in [4.78, 5) is 39.3. The molecule has 2 heterocycles. The van der Waals surface area contributed by atoms with Gasteiger partial charge in [0.25, 0.3) is 11.5 Å². The maximum absolute atomic E-state index is 13.5. The molecule has 5 aromatic rings. The summed E-state index contributed by atoms with van der Waals surface area (Å²) >= 11 is 4.54. The molecule has 0 bridgehead atoms. The smallest absolute Gasteiger partial charge is 0.359 e. The lowest BCUT2D eigenvalue weighted by Crippen LogP contribution is -2.25. The van der Waals surface area contributed by atoms with Gasteiger partial charge < -0.3 is 10.1 Å². The number of fused-ring (bicyclic) bond motifs is 2. The maximum atomic E-state index is 13.5. The Morgan fingerprint density at radius 2 is 1.80 bits per heavy atom. The molecule has 1 amide bonds. The third-order valence-electron chi connectivity index (χ3n) is 5.43. The molecule has 0 unspecified atom stereocenters. The van der Waals surface area contributed by atoms with E-state index >= 15 is 0 Å². The van der Waals surface area contributed by atoms with Gasteiger partial charge in [0.2, 0.25) is 0 Å². The molecule has 0 saturated carbocycles. The number of nitrogens with one attached hydrogen (secondary N) is 1. The van der Waals surface area contributed by atoms with Crippen LogP contribution in [0, 0.1) is 0 Å². The molecule has 0 spiro atoms. The molecule has 7 nitrogen and oxygen atoms in total. The van der Waals surface area contributed by atoms with Gasteiger partial charge in [-0.2, -0.15) is 9.78 Å². The number of thiophene rings is 1. The average Bonchev–Trinajstić information content (AvgIpc) is 3.29. The first-order valence-electron chi connectivity index (χ1n) is 10.7. The SMILES string of the molecule is CCOC(=O)c1nn(-c2ccc(Br)cc2)c(=O)c2c(NC(=O)c3ccc4ccccc4c3)scc12. The first-order valence-corrected chi connectivity index (χ1v) is 12.4. The number of ether oxygens (including phenoxy) is 1. The zero-order valence-corrected chi connectivity index (χ0v) is 20.9. The lowest BCUT2D eigenvalue weighted by molar-refractivity contribution is 0.0520. The van der Waals surface area contributed by atoms with E-state index in [0.29, 0.717) is 21.6 Å². The third-order valence-corrected chi connectivity index (χ3v) is 6.86. The second kappa shape index (κ2) is 9.44. The van der Waals surface area contributed by atoms with Crippen LogP contribution in [0.15, 0.2) is 81.4 Å². The van der Waals surface area contributed by atoms with Crippen molar-refractivity contribution in [1.82, 2.24) is 9.78 Å². The summed E-state index contributed by atoms with van der Waals surface area (Å²) in [6, 6.07) is 20.1. The van der Waals surface area contributed by atoms with Gasteiger partial charge in [0, 0.05) is 20.8 Å².